The zero-order valence-electron chi connectivity index (χ0n) is 17.7. The van der Waals surface area contributed by atoms with E-state index in [0.29, 0.717) is 5.56 Å². The molecular formula is C18H20F9N3O5. The number of nitrogens with zero attached hydrogens (tertiary/aromatic N) is 2. The summed E-state index contributed by atoms with van der Waals surface area (Å²) in [5, 5.41) is 18.1. The Hall–Kier alpha value is -3.11. The van der Waals surface area contributed by atoms with E-state index in [1.165, 1.54) is 12.3 Å². The second-order valence-electron chi connectivity index (χ2n) is 7.27. The molecule has 8 nitrogen and oxygen atoms in total. The minimum atomic E-state index is -5.08. The van der Waals surface area contributed by atoms with Crippen LogP contribution in [-0.4, -0.2) is 57.3 Å². The van der Waals surface area contributed by atoms with Gasteiger partial charge in [0, 0.05) is 17.3 Å². The third kappa shape index (κ3) is 14.0. The van der Waals surface area contributed by atoms with Crippen LogP contribution in [-0.2, 0) is 20.6 Å². The molecule has 1 aromatic heterocycles. The van der Waals surface area contributed by atoms with Crippen molar-refractivity contribution in [2.45, 2.75) is 62.8 Å². The monoisotopic (exact) mass is 529 g/mol. The average Bonchev–Trinajstić information content (AvgIpc) is 2.68. The van der Waals surface area contributed by atoms with E-state index in [-0.39, 0.29) is 11.6 Å². The van der Waals surface area contributed by atoms with Gasteiger partial charge in [0.25, 0.3) is 0 Å². The quantitative estimate of drug-likeness (QED) is 0.301. The fourth-order valence-electron chi connectivity index (χ4n) is 2.18. The molecule has 1 saturated carbocycles. The summed E-state index contributed by atoms with van der Waals surface area (Å²) in [6, 6.07) is 2.22. The van der Waals surface area contributed by atoms with Crippen molar-refractivity contribution in [3.63, 3.8) is 0 Å². The number of aromatic nitrogens is 1. The molecule has 4 N–H and O–H groups in total. The minimum Gasteiger partial charge on any atom is -0.475 e. The van der Waals surface area contributed by atoms with Gasteiger partial charge >= 0.3 is 30.5 Å². The number of hydrogen-bond acceptors (Lipinski definition) is 6. The molecule has 0 aliphatic heterocycles. The van der Waals surface area contributed by atoms with E-state index >= 15 is 0 Å². The van der Waals surface area contributed by atoms with Crippen molar-refractivity contribution in [1.82, 2.24) is 4.98 Å². The molecule has 17 heteroatoms. The van der Waals surface area contributed by atoms with Crippen LogP contribution in [0.2, 0.25) is 0 Å². The minimum absolute atomic E-state index is 0.0142. The van der Waals surface area contributed by atoms with Gasteiger partial charge in [-0.1, -0.05) is 5.16 Å². The number of alkyl halides is 9. The summed E-state index contributed by atoms with van der Waals surface area (Å²) in [5.41, 5.74) is 5.42. The summed E-state index contributed by atoms with van der Waals surface area (Å²) in [5.74, 6) is -5.51. The molecular weight excluding hydrogens is 509 g/mol. The fraction of sp³-hybridized carbons (Fsp3) is 0.556. The smallest absolute Gasteiger partial charge is 0.475 e. The molecule has 0 unspecified atom stereocenters. The number of oxime groups is 1. The highest BCUT2D eigenvalue weighted by molar-refractivity contribution is 5.78. The molecule has 0 aromatic carbocycles. The van der Waals surface area contributed by atoms with Gasteiger partial charge in [0.2, 0.25) is 0 Å². The Kier molecular flexibility index (Phi) is 11.4. The highest BCUT2D eigenvalue weighted by Gasteiger charge is 2.39. The van der Waals surface area contributed by atoms with Crippen molar-refractivity contribution in [2.75, 3.05) is 0 Å². The Morgan fingerprint density at radius 3 is 1.77 bits per heavy atom. The van der Waals surface area contributed by atoms with E-state index in [1.54, 1.807) is 0 Å². The topological polar surface area (TPSA) is 135 Å². The highest BCUT2D eigenvalue weighted by atomic mass is 19.4. The largest absolute Gasteiger partial charge is 0.490 e. The number of pyridine rings is 1. The zero-order valence-corrected chi connectivity index (χ0v) is 17.7. The number of carboxylic acid groups (broad SMARTS) is 2. The Labute approximate surface area is 191 Å². The summed E-state index contributed by atoms with van der Waals surface area (Å²) < 4.78 is 101. The van der Waals surface area contributed by atoms with Crippen LogP contribution < -0.4 is 5.73 Å². The van der Waals surface area contributed by atoms with Crippen LogP contribution in [0.1, 0.15) is 43.9 Å². The van der Waals surface area contributed by atoms with E-state index in [4.69, 9.17) is 30.4 Å². The number of aliphatic carboxylic acids is 2. The molecule has 0 spiro atoms. The summed E-state index contributed by atoms with van der Waals surface area (Å²) in [7, 11) is 0. The SMILES string of the molecule is CC1(N)CCC(ON=Cc2ccc(C(F)(F)F)nc2)CC1.O=C(O)C(F)(F)F.O=C(O)C(F)(F)F. The number of carbonyl (C=O) groups is 2. The maximum Gasteiger partial charge on any atom is 0.490 e. The van der Waals surface area contributed by atoms with E-state index < -0.39 is 36.2 Å². The van der Waals surface area contributed by atoms with Crippen LogP contribution in [0.5, 0.6) is 0 Å². The van der Waals surface area contributed by atoms with Gasteiger partial charge in [-0.3, -0.25) is 4.98 Å². The van der Waals surface area contributed by atoms with Crippen LogP contribution in [0.15, 0.2) is 23.5 Å². The summed E-state index contributed by atoms with van der Waals surface area (Å²) in [4.78, 5) is 26.5. The van der Waals surface area contributed by atoms with Crippen LogP contribution in [0.25, 0.3) is 0 Å². The van der Waals surface area contributed by atoms with Gasteiger partial charge in [-0.05, 0) is 44.7 Å². The van der Waals surface area contributed by atoms with Gasteiger partial charge in [0.05, 0.1) is 6.21 Å². The van der Waals surface area contributed by atoms with Crippen molar-refractivity contribution in [2.24, 2.45) is 10.9 Å². The maximum atomic E-state index is 12.3. The second-order valence-corrected chi connectivity index (χ2v) is 7.27. The molecule has 200 valence electrons. The predicted molar refractivity (Wildman–Crippen MR) is 100 cm³/mol. The summed E-state index contributed by atoms with van der Waals surface area (Å²) in [6.07, 6.45) is -8.70. The Morgan fingerprint density at radius 1 is 1.03 bits per heavy atom. The number of rotatable bonds is 3. The number of hydrogen-bond donors (Lipinski definition) is 3. The molecule has 1 fully saturated rings. The standard InChI is InChI=1S/C14H18F3N3O.2C2HF3O2/c1-13(18)6-4-11(5-7-13)21-20-9-10-2-3-12(19-8-10)14(15,16)17;2*3-2(4,5)1(6)7/h2-3,8-9,11H,4-7,18H2,1H3;2*(H,6,7). The van der Waals surface area contributed by atoms with E-state index in [9.17, 15) is 39.5 Å². The second kappa shape index (κ2) is 12.6. The van der Waals surface area contributed by atoms with Gasteiger partial charge in [-0.25, -0.2) is 9.59 Å². The molecule has 0 atom stereocenters. The number of halogens is 9. The first-order valence-electron chi connectivity index (χ1n) is 9.26. The fourth-order valence-corrected chi connectivity index (χ4v) is 2.18. The number of carboxylic acids is 2. The molecule has 0 amide bonds. The third-order valence-corrected chi connectivity index (χ3v) is 4.05. The van der Waals surface area contributed by atoms with Gasteiger partial charge in [0.1, 0.15) is 11.8 Å². The average molecular weight is 529 g/mol. The first-order valence-corrected chi connectivity index (χ1v) is 9.26. The van der Waals surface area contributed by atoms with Crippen LogP contribution in [0, 0.1) is 0 Å². The van der Waals surface area contributed by atoms with E-state index in [0.717, 1.165) is 37.9 Å². The molecule has 2 rings (SSSR count). The first kappa shape index (κ1) is 31.9. The van der Waals surface area contributed by atoms with Crippen molar-refractivity contribution in [3.05, 3.63) is 29.6 Å². The first-order chi connectivity index (χ1) is 15.6. The molecule has 0 bridgehead atoms. The van der Waals surface area contributed by atoms with Crippen molar-refractivity contribution >= 4 is 18.2 Å². The molecule has 1 aliphatic carbocycles. The Bertz CT molecular complexity index is 817. The van der Waals surface area contributed by atoms with Crippen LogP contribution in [0.4, 0.5) is 39.5 Å². The third-order valence-electron chi connectivity index (χ3n) is 4.05. The van der Waals surface area contributed by atoms with Gasteiger partial charge in [-0.15, -0.1) is 0 Å². The molecule has 1 heterocycles. The lowest BCUT2D eigenvalue weighted by Crippen LogP contribution is -2.41. The van der Waals surface area contributed by atoms with E-state index in [2.05, 4.69) is 10.1 Å². The molecule has 0 saturated heterocycles. The summed E-state index contributed by atoms with van der Waals surface area (Å²) >= 11 is 0. The van der Waals surface area contributed by atoms with Crippen molar-refractivity contribution in [1.29, 1.82) is 0 Å². The van der Waals surface area contributed by atoms with Crippen LogP contribution in [0.3, 0.4) is 0 Å². The van der Waals surface area contributed by atoms with Crippen molar-refractivity contribution in [3.8, 4) is 0 Å². The normalized spacial score (nSPS) is 20.7. The summed E-state index contributed by atoms with van der Waals surface area (Å²) in [6.45, 7) is 2.01. The van der Waals surface area contributed by atoms with Gasteiger partial charge in [0.15, 0.2) is 0 Å². The lowest BCUT2D eigenvalue weighted by atomic mass is 9.83. The molecule has 1 aliphatic rings. The molecule has 1 aromatic rings. The molecule has 35 heavy (non-hydrogen) atoms. The Balaban J connectivity index is 0.000000680. The van der Waals surface area contributed by atoms with Gasteiger partial charge < -0.3 is 20.8 Å². The predicted octanol–water partition coefficient (Wildman–Crippen LogP) is 4.38. The number of nitrogens with two attached hydrogens (primary N) is 1. The Morgan fingerprint density at radius 2 is 1.46 bits per heavy atom. The maximum absolute atomic E-state index is 12.3. The lowest BCUT2D eigenvalue weighted by molar-refractivity contribution is -0.193. The van der Waals surface area contributed by atoms with Crippen molar-refractivity contribution < 1.29 is 64.2 Å². The highest BCUT2D eigenvalue weighted by Crippen LogP contribution is 2.28. The lowest BCUT2D eigenvalue weighted by Gasteiger charge is -2.32. The van der Waals surface area contributed by atoms with E-state index in [1.807, 2.05) is 6.92 Å². The van der Waals surface area contributed by atoms with Crippen LogP contribution >= 0.6 is 0 Å². The molecule has 0 radical (unpaired) electrons. The van der Waals surface area contributed by atoms with Gasteiger partial charge in [-0.2, -0.15) is 39.5 Å². The zero-order chi connectivity index (χ0) is 27.7.